The predicted molar refractivity (Wildman–Crippen MR) is 88.2 cm³/mol. The standard InChI is InChI=1S/C13H23F3N4.HI/c1-17-12(18-6-5-13(14,15)16)20-9-4-11(10-20)19-7-2-3-8-19;/h11H,2-10H2,1H3,(H,17,18);1H. The molecule has 0 radical (unpaired) electrons. The second kappa shape index (κ2) is 8.40. The molecule has 2 heterocycles. The fourth-order valence-electron chi connectivity index (χ4n) is 2.99. The van der Waals surface area contributed by atoms with Gasteiger partial charge in [-0.15, -0.1) is 24.0 Å². The fourth-order valence-corrected chi connectivity index (χ4v) is 2.99. The topological polar surface area (TPSA) is 30.9 Å². The monoisotopic (exact) mass is 420 g/mol. The maximum atomic E-state index is 12.2. The van der Waals surface area contributed by atoms with Crippen molar-refractivity contribution < 1.29 is 13.2 Å². The molecule has 0 aliphatic carbocycles. The third kappa shape index (κ3) is 5.80. The van der Waals surface area contributed by atoms with Crippen molar-refractivity contribution in [3.8, 4) is 0 Å². The van der Waals surface area contributed by atoms with E-state index in [4.69, 9.17) is 0 Å². The first-order valence-electron chi connectivity index (χ1n) is 7.26. The van der Waals surface area contributed by atoms with Gasteiger partial charge in [0.05, 0.1) is 6.42 Å². The summed E-state index contributed by atoms with van der Waals surface area (Å²) >= 11 is 0. The van der Waals surface area contributed by atoms with Gasteiger partial charge >= 0.3 is 6.18 Å². The number of halogens is 4. The molecule has 21 heavy (non-hydrogen) atoms. The average molecular weight is 420 g/mol. The lowest BCUT2D eigenvalue weighted by Crippen LogP contribution is -2.43. The van der Waals surface area contributed by atoms with Crippen molar-refractivity contribution in [2.75, 3.05) is 39.8 Å². The van der Waals surface area contributed by atoms with Crippen LogP contribution in [0.25, 0.3) is 0 Å². The Labute approximate surface area is 141 Å². The van der Waals surface area contributed by atoms with Gasteiger partial charge in [0.25, 0.3) is 0 Å². The van der Waals surface area contributed by atoms with Gasteiger partial charge in [0.2, 0.25) is 0 Å². The molecule has 0 spiro atoms. The zero-order valence-electron chi connectivity index (χ0n) is 12.3. The highest BCUT2D eigenvalue weighted by Crippen LogP contribution is 2.21. The average Bonchev–Trinajstić information content (AvgIpc) is 3.03. The third-order valence-electron chi connectivity index (χ3n) is 4.02. The molecule has 0 bridgehead atoms. The Morgan fingerprint density at radius 1 is 1.24 bits per heavy atom. The first kappa shape index (κ1) is 18.8. The number of rotatable bonds is 3. The van der Waals surface area contributed by atoms with Crippen LogP contribution in [-0.2, 0) is 0 Å². The van der Waals surface area contributed by atoms with Crippen molar-refractivity contribution in [2.45, 2.75) is 37.9 Å². The maximum Gasteiger partial charge on any atom is 0.390 e. The minimum Gasteiger partial charge on any atom is -0.356 e. The lowest BCUT2D eigenvalue weighted by atomic mass is 10.2. The van der Waals surface area contributed by atoms with E-state index in [1.807, 2.05) is 0 Å². The molecule has 8 heteroatoms. The molecule has 1 N–H and O–H groups in total. The SMILES string of the molecule is CN=C(NCCC(F)(F)F)N1CCC(N2CCCC2)C1.I. The van der Waals surface area contributed by atoms with Crippen LogP contribution in [0.15, 0.2) is 4.99 Å². The van der Waals surface area contributed by atoms with Crippen molar-refractivity contribution in [1.82, 2.24) is 15.1 Å². The fraction of sp³-hybridized carbons (Fsp3) is 0.923. The first-order chi connectivity index (χ1) is 9.49. The smallest absolute Gasteiger partial charge is 0.356 e. The van der Waals surface area contributed by atoms with E-state index < -0.39 is 12.6 Å². The van der Waals surface area contributed by atoms with Crippen LogP contribution in [-0.4, -0.2) is 67.7 Å². The molecule has 0 aromatic heterocycles. The van der Waals surface area contributed by atoms with Gasteiger partial charge in [-0.2, -0.15) is 13.2 Å². The number of hydrogen-bond donors (Lipinski definition) is 1. The van der Waals surface area contributed by atoms with Gasteiger partial charge in [0.15, 0.2) is 5.96 Å². The highest BCUT2D eigenvalue weighted by molar-refractivity contribution is 14.0. The summed E-state index contributed by atoms with van der Waals surface area (Å²) in [7, 11) is 1.62. The Balaban J connectivity index is 0.00000220. The molecule has 0 aromatic carbocycles. The number of likely N-dealkylation sites (tertiary alicyclic amines) is 2. The molecule has 1 atom stereocenters. The number of nitrogens with one attached hydrogen (secondary N) is 1. The number of alkyl halides is 3. The molecule has 4 nitrogen and oxygen atoms in total. The molecule has 2 fully saturated rings. The molecule has 0 aromatic rings. The molecular weight excluding hydrogens is 396 g/mol. The van der Waals surface area contributed by atoms with Crippen LogP contribution < -0.4 is 5.32 Å². The summed E-state index contributed by atoms with van der Waals surface area (Å²) in [4.78, 5) is 8.65. The molecule has 0 saturated carbocycles. The number of aliphatic imine (C=N–C) groups is 1. The van der Waals surface area contributed by atoms with Gasteiger partial charge in [-0.05, 0) is 32.4 Å². The van der Waals surface area contributed by atoms with Gasteiger partial charge in [0.1, 0.15) is 0 Å². The van der Waals surface area contributed by atoms with Crippen molar-refractivity contribution in [3.05, 3.63) is 0 Å². The van der Waals surface area contributed by atoms with Crippen LogP contribution in [0.5, 0.6) is 0 Å². The van der Waals surface area contributed by atoms with E-state index in [2.05, 4.69) is 20.1 Å². The molecular formula is C13H24F3IN4. The summed E-state index contributed by atoms with van der Waals surface area (Å²) in [5.41, 5.74) is 0. The van der Waals surface area contributed by atoms with Crippen LogP contribution in [0.3, 0.4) is 0 Å². The normalized spacial score (nSPS) is 24.3. The Morgan fingerprint density at radius 3 is 2.48 bits per heavy atom. The largest absolute Gasteiger partial charge is 0.390 e. The Bertz CT molecular complexity index is 343. The molecule has 124 valence electrons. The number of hydrogen-bond acceptors (Lipinski definition) is 2. The summed E-state index contributed by atoms with van der Waals surface area (Å²) in [5.74, 6) is 0.593. The molecule has 0 amide bonds. The van der Waals surface area contributed by atoms with Crippen molar-refractivity contribution in [3.63, 3.8) is 0 Å². The van der Waals surface area contributed by atoms with Crippen molar-refractivity contribution >= 4 is 29.9 Å². The van der Waals surface area contributed by atoms with E-state index in [1.54, 1.807) is 7.05 Å². The van der Waals surface area contributed by atoms with Crippen LogP contribution in [0.1, 0.15) is 25.7 Å². The van der Waals surface area contributed by atoms with E-state index in [1.165, 1.54) is 12.8 Å². The quantitative estimate of drug-likeness (QED) is 0.432. The maximum absolute atomic E-state index is 12.2. The van der Waals surface area contributed by atoms with Crippen LogP contribution >= 0.6 is 24.0 Å². The summed E-state index contributed by atoms with van der Waals surface area (Å²) in [6.07, 6.45) is -1.35. The zero-order chi connectivity index (χ0) is 14.6. The van der Waals surface area contributed by atoms with E-state index in [-0.39, 0.29) is 30.5 Å². The van der Waals surface area contributed by atoms with Crippen LogP contribution in [0.2, 0.25) is 0 Å². The number of nitrogens with zero attached hydrogens (tertiary/aromatic N) is 3. The zero-order valence-corrected chi connectivity index (χ0v) is 14.7. The minimum absolute atomic E-state index is 0. The molecule has 2 aliphatic heterocycles. The van der Waals surface area contributed by atoms with E-state index in [0.29, 0.717) is 12.0 Å². The second-order valence-electron chi connectivity index (χ2n) is 5.47. The first-order valence-corrected chi connectivity index (χ1v) is 7.26. The summed E-state index contributed by atoms with van der Waals surface area (Å²) < 4.78 is 36.5. The third-order valence-corrected chi connectivity index (χ3v) is 4.02. The Morgan fingerprint density at radius 2 is 1.90 bits per heavy atom. The van der Waals surface area contributed by atoms with Gasteiger partial charge in [0, 0.05) is 32.7 Å². The van der Waals surface area contributed by atoms with E-state index in [9.17, 15) is 13.2 Å². The van der Waals surface area contributed by atoms with Gasteiger partial charge in [-0.3, -0.25) is 9.89 Å². The lowest BCUT2D eigenvalue weighted by Gasteiger charge is -2.25. The van der Waals surface area contributed by atoms with Crippen molar-refractivity contribution in [1.29, 1.82) is 0 Å². The molecule has 1 unspecified atom stereocenters. The van der Waals surface area contributed by atoms with E-state index in [0.717, 1.165) is 32.6 Å². The summed E-state index contributed by atoms with van der Waals surface area (Å²) in [5, 5.41) is 2.82. The van der Waals surface area contributed by atoms with Crippen LogP contribution in [0, 0.1) is 0 Å². The van der Waals surface area contributed by atoms with Crippen molar-refractivity contribution in [2.24, 2.45) is 4.99 Å². The summed E-state index contributed by atoms with van der Waals surface area (Å²) in [6, 6.07) is 0.527. The van der Waals surface area contributed by atoms with Gasteiger partial charge in [-0.1, -0.05) is 0 Å². The van der Waals surface area contributed by atoms with Gasteiger partial charge < -0.3 is 10.2 Å². The second-order valence-corrected chi connectivity index (χ2v) is 5.47. The van der Waals surface area contributed by atoms with Crippen LogP contribution in [0.4, 0.5) is 13.2 Å². The Hall–Kier alpha value is -0.250. The molecule has 2 rings (SSSR count). The number of guanidine groups is 1. The molecule has 2 aliphatic rings. The highest BCUT2D eigenvalue weighted by atomic mass is 127. The van der Waals surface area contributed by atoms with E-state index >= 15 is 0 Å². The summed E-state index contributed by atoms with van der Waals surface area (Å²) in [6.45, 7) is 3.93. The predicted octanol–water partition coefficient (Wildman–Crippen LogP) is 2.30. The minimum atomic E-state index is -4.12. The molecule has 2 saturated heterocycles. The Kier molecular flexibility index (Phi) is 7.52. The van der Waals surface area contributed by atoms with Gasteiger partial charge in [-0.25, -0.2) is 0 Å². The highest BCUT2D eigenvalue weighted by Gasteiger charge is 2.31. The lowest BCUT2D eigenvalue weighted by molar-refractivity contribution is -0.132.